The van der Waals surface area contributed by atoms with Crippen LogP contribution in [0.4, 0.5) is 0 Å². The zero-order valence-corrected chi connectivity index (χ0v) is 12.2. The van der Waals surface area contributed by atoms with Gasteiger partial charge in [-0.25, -0.2) is 4.98 Å². The van der Waals surface area contributed by atoms with Gasteiger partial charge in [0.15, 0.2) is 5.16 Å². The van der Waals surface area contributed by atoms with E-state index in [1.807, 2.05) is 4.90 Å². The van der Waals surface area contributed by atoms with E-state index in [4.69, 9.17) is 4.74 Å². The van der Waals surface area contributed by atoms with E-state index in [0.717, 1.165) is 10.9 Å². The van der Waals surface area contributed by atoms with Crippen molar-refractivity contribution in [2.45, 2.75) is 24.5 Å². The van der Waals surface area contributed by atoms with Crippen LogP contribution in [0.2, 0.25) is 0 Å². The average molecular weight is 295 g/mol. The highest BCUT2D eigenvalue weighted by Gasteiger charge is 2.29. The standard InChI is InChI=1S/C13H17N3O3S/c1-9-7-14-13-16(12(9)18)10(8-20-13)6-11(17)15-2-4-19-5-3-15/h7,10H,2-6,8H2,1H3. The summed E-state index contributed by atoms with van der Waals surface area (Å²) in [6.07, 6.45) is 1.97. The molecule has 1 saturated heterocycles. The summed E-state index contributed by atoms with van der Waals surface area (Å²) in [4.78, 5) is 30.6. The molecule has 1 fully saturated rings. The Labute approximate surface area is 121 Å². The molecule has 1 amide bonds. The Balaban J connectivity index is 1.76. The van der Waals surface area contributed by atoms with Crippen LogP contribution in [0.3, 0.4) is 0 Å². The molecule has 6 nitrogen and oxygen atoms in total. The van der Waals surface area contributed by atoms with Gasteiger partial charge in [0.05, 0.1) is 19.3 Å². The lowest BCUT2D eigenvalue weighted by Crippen LogP contribution is -2.42. The van der Waals surface area contributed by atoms with E-state index < -0.39 is 0 Å². The normalized spacial score (nSPS) is 21.9. The highest BCUT2D eigenvalue weighted by molar-refractivity contribution is 7.99. The number of morpholine rings is 1. The number of aromatic nitrogens is 2. The maximum atomic E-state index is 12.3. The third-order valence-electron chi connectivity index (χ3n) is 3.67. The first kappa shape index (κ1) is 13.6. The molecule has 20 heavy (non-hydrogen) atoms. The van der Waals surface area contributed by atoms with Crippen LogP contribution in [0, 0.1) is 6.92 Å². The van der Waals surface area contributed by atoms with E-state index in [1.165, 1.54) is 0 Å². The fourth-order valence-electron chi connectivity index (χ4n) is 2.51. The number of thioether (sulfide) groups is 1. The van der Waals surface area contributed by atoms with Gasteiger partial charge in [0.1, 0.15) is 0 Å². The lowest BCUT2D eigenvalue weighted by molar-refractivity contribution is -0.136. The Hall–Kier alpha value is -1.34. The van der Waals surface area contributed by atoms with Gasteiger partial charge in [-0.3, -0.25) is 14.2 Å². The van der Waals surface area contributed by atoms with Crippen LogP contribution in [0.15, 0.2) is 16.1 Å². The van der Waals surface area contributed by atoms with Gasteiger partial charge in [0.25, 0.3) is 5.56 Å². The van der Waals surface area contributed by atoms with Crippen molar-refractivity contribution in [3.8, 4) is 0 Å². The molecule has 3 rings (SSSR count). The molecular weight excluding hydrogens is 278 g/mol. The zero-order chi connectivity index (χ0) is 14.1. The van der Waals surface area contributed by atoms with E-state index in [0.29, 0.717) is 38.3 Å². The largest absolute Gasteiger partial charge is 0.378 e. The highest BCUT2D eigenvalue weighted by atomic mass is 32.2. The molecule has 2 aliphatic heterocycles. The van der Waals surface area contributed by atoms with Gasteiger partial charge >= 0.3 is 0 Å². The first-order valence-corrected chi connectivity index (χ1v) is 7.72. The smallest absolute Gasteiger partial charge is 0.257 e. The van der Waals surface area contributed by atoms with Crippen LogP contribution in [-0.4, -0.2) is 52.4 Å². The number of hydrogen-bond donors (Lipinski definition) is 0. The summed E-state index contributed by atoms with van der Waals surface area (Å²) in [5, 5.41) is 0.723. The van der Waals surface area contributed by atoms with Crippen LogP contribution >= 0.6 is 11.8 Å². The predicted octanol–water partition coefficient (Wildman–Crippen LogP) is 0.447. The van der Waals surface area contributed by atoms with Crippen molar-refractivity contribution in [1.82, 2.24) is 14.5 Å². The average Bonchev–Trinajstić information content (AvgIpc) is 2.87. The number of nitrogens with zero attached hydrogens (tertiary/aromatic N) is 3. The summed E-state index contributed by atoms with van der Waals surface area (Å²) < 4.78 is 6.93. The van der Waals surface area contributed by atoms with Gasteiger partial charge in [-0.15, -0.1) is 0 Å². The van der Waals surface area contributed by atoms with Crippen LogP contribution in [-0.2, 0) is 9.53 Å². The quantitative estimate of drug-likeness (QED) is 0.741. The van der Waals surface area contributed by atoms with Crippen LogP contribution in [0.1, 0.15) is 18.0 Å². The second kappa shape index (κ2) is 5.57. The monoisotopic (exact) mass is 295 g/mol. The molecule has 0 spiro atoms. The summed E-state index contributed by atoms with van der Waals surface area (Å²) in [6.45, 7) is 4.25. The van der Waals surface area contributed by atoms with E-state index >= 15 is 0 Å². The Bertz CT molecular complexity index is 581. The molecule has 1 aromatic heterocycles. The minimum absolute atomic E-state index is 0.0280. The Kier molecular flexibility index (Phi) is 3.80. The molecule has 1 aromatic rings. The number of aryl methyl sites for hydroxylation is 1. The van der Waals surface area contributed by atoms with Crippen molar-refractivity contribution in [3.05, 3.63) is 22.1 Å². The molecule has 2 aliphatic rings. The number of carbonyl (C=O) groups excluding carboxylic acids is 1. The van der Waals surface area contributed by atoms with Crippen LogP contribution < -0.4 is 5.56 Å². The van der Waals surface area contributed by atoms with Gasteiger partial charge in [-0.2, -0.15) is 0 Å². The number of carbonyl (C=O) groups is 1. The maximum absolute atomic E-state index is 12.3. The van der Waals surface area contributed by atoms with Crippen molar-refractivity contribution in [2.75, 3.05) is 32.1 Å². The van der Waals surface area contributed by atoms with Crippen LogP contribution in [0.25, 0.3) is 0 Å². The van der Waals surface area contributed by atoms with Gasteiger partial charge in [0.2, 0.25) is 5.91 Å². The molecule has 3 heterocycles. The third-order valence-corrected chi connectivity index (χ3v) is 4.79. The third kappa shape index (κ3) is 2.47. The van der Waals surface area contributed by atoms with E-state index in [2.05, 4.69) is 4.98 Å². The Morgan fingerprint density at radius 3 is 3.00 bits per heavy atom. The van der Waals surface area contributed by atoms with Gasteiger partial charge in [-0.1, -0.05) is 11.8 Å². The fourth-order valence-corrected chi connectivity index (χ4v) is 3.62. The molecular formula is C13H17N3O3S. The fraction of sp³-hybridized carbons (Fsp3) is 0.615. The molecule has 0 aromatic carbocycles. The lowest BCUT2D eigenvalue weighted by Gasteiger charge is -2.28. The summed E-state index contributed by atoms with van der Waals surface area (Å²) in [5.74, 6) is 0.835. The van der Waals surface area contributed by atoms with Gasteiger partial charge < -0.3 is 9.64 Å². The molecule has 0 bridgehead atoms. The SMILES string of the molecule is Cc1cnc2n(c1=O)C(CC(=O)N1CCOCC1)CS2. The first-order chi connectivity index (χ1) is 9.66. The van der Waals surface area contributed by atoms with Crippen molar-refractivity contribution in [1.29, 1.82) is 0 Å². The van der Waals surface area contributed by atoms with Gasteiger partial charge in [0, 0.05) is 37.0 Å². The molecule has 108 valence electrons. The van der Waals surface area contributed by atoms with Crippen molar-refractivity contribution in [2.24, 2.45) is 0 Å². The number of rotatable bonds is 2. The molecule has 1 unspecified atom stereocenters. The second-order valence-electron chi connectivity index (χ2n) is 5.06. The summed E-state index contributed by atoms with van der Waals surface area (Å²) in [5.41, 5.74) is 0.597. The highest BCUT2D eigenvalue weighted by Crippen LogP contribution is 2.32. The topological polar surface area (TPSA) is 64.4 Å². The molecule has 0 saturated carbocycles. The van der Waals surface area contributed by atoms with Gasteiger partial charge in [-0.05, 0) is 6.92 Å². The second-order valence-corrected chi connectivity index (χ2v) is 6.05. The summed E-state index contributed by atoms with van der Waals surface area (Å²) in [6, 6.07) is -0.0785. The number of ether oxygens (including phenoxy) is 1. The first-order valence-electron chi connectivity index (χ1n) is 6.73. The molecule has 7 heteroatoms. The number of amides is 1. The molecule has 0 N–H and O–H groups in total. The maximum Gasteiger partial charge on any atom is 0.257 e. The number of hydrogen-bond acceptors (Lipinski definition) is 5. The molecule has 0 radical (unpaired) electrons. The number of fused-ring (bicyclic) bond motifs is 1. The van der Waals surface area contributed by atoms with Crippen molar-refractivity contribution in [3.63, 3.8) is 0 Å². The molecule has 0 aliphatic carbocycles. The summed E-state index contributed by atoms with van der Waals surface area (Å²) >= 11 is 1.54. The summed E-state index contributed by atoms with van der Waals surface area (Å²) in [7, 11) is 0. The minimum atomic E-state index is -0.0785. The minimum Gasteiger partial charge on any atom is -0.378 e. The lowest BCUT2D eigenvalue weighted by atomic mass is 10.2. The molecule has 1 atom stereocenters. The predicted molar refractivity (Wildman–Crippen MR) is 75.0 cm³/mol. The van der Waals surface area contributed by atoms with Crippen molar-refractivity contribution >= 4 is 17.7 Å². The van der Waals surface area contributed by atoms with E-state index in [-0.39, 0.29) is 17.5 Å². The van der Waals surface area contributed by atoms with E-state index in [9.17, 15) is 9.59 Å². The van der Waals surface area contributed by atoms with Crippen LogP contribution in [0.5, 0.6) is 0 Å². The van der Waals surface area contributed by atoms with E-state index in [1.54, 1.807) is 29.4 Å². The van der Waals surface area contributed by atoms with Crippen molar-refractivity contribution < 1.29 is 9.53 Å². The Morgan fingerprint density at radius 2 is 2.25 bits per heavy atom. The Morgan fingerprint density at radius 1 is 1.50 bits per heavy atom. The zero-order valence-electron chi connectivity index (χ0n) is 11.4.